The van der Waals surface area contributed by atoms with Gasteiger partial charge in [0.05, 0.1) is 23.3 Å². The number of benzene rings is 1. The third-order valence-corrected chi connectivity index (χ3v) is 9.49. The first kappa shape index (κ1) is 30.8. The van der Waals surface area contributed by atoms with Crippen molar-refractivity contribution >= 4 is 17.4 Å². The molecule has 9 nitrogen and oxygen atoms in total. The van der Waals surface area contributed by atoms with Crippen LogP contribution in [0.3, 0.4) is 0 Å². The fourth-order valence-corrected chi connectivity index (χ4v) is 6.38. The fraction of sp³-hybridized carbons (Fsp3) is 0.444. The van der Waals surface area contributed by atoms with Crippen molar-refractivity contribution < 1.29 is 14.3 Å². The number of rotatable bonds is 12. The van der Waals surface area contributed by atoms with Crippen LogP contribution < -0.4 is 14.5 Å². The normalized spacial score (nSPS) is 20.5. The Balaban J connectivity index is 1.12. The molecule has 3 aromatic rings. The summed E-state index contributed by atoms with van der Waals surface area (Å²) in [5, 5.41) is 9.15. The zero-order valence-electron chi connectivity index (χ0n) is 26.5. The molecule has 2 saturated heterocycles. The topological polar surface area (TPSA) is 94.8 Å². The van der Waals surface area contributed by atoms with Crippen molar-refractivity contribution in [1.29, 1.82) is 5.26 Å². The second-order valence-corrected chi connectivity index (χ2v) is 12.7. The smallest absolute Gasteiger partial charge is 0.215 e. The summed E-state index contributed by atoms with van der Waals surface area (Å²) in [5.41, 5.74) is 4.21. The molecule has 2 aliphatic heterocycles. The number of pyridine rings is 2. The highest BCUT2D eigenvalue weighted by Crippen LogP contribution is 2.46. The van der Waals surface area contributed by atoms with Crippen LogP contribution in [-0.2, 0) is 11.3 Å². The Bertz CT molecular complexity index is 1610. The highest BCUT2D eigenvalue weighted by atomic mass is 16.5. The highest BCUT2D eigenvalue weighted by molar-refractivity contribution is 6.02. The van der Waals surface area contributed by atoms with Gasteiger partial charge >= 0.3 is 0 Å². The quantitative estimate of drug-likeness (QED) is 0.202. The lowest BCUT2D eigenvalue weighted by Gasteiger charge is -2.45. The molecule has 3 fully saturated rings. The van der Waals surface area contributed by atoms with Crippen LogP contribution in [0.25, 0.3) is 0 Å². The van der Waals surface area contributed by atoms with Crippen molar-refractivity contribution in [3.63, 3.8) is 0 Å². The van der Waals surface area contributed by atoms with Gasteiger partial charge < -0.3 is 19.3 Å². The van der Waals surface area contributed by atoms with Crippen LogP contribution in [0.15, 0.2) is 61.2 Å². The molecule has 6 rings (SSSR count). The number of allylic oxidation sites excluding steroid dienone is 1. The maximum Gasteiger partial charge on any atom is 0.215 e. The second kappa shape index (κ2) is 13.0. The Morgan fingerprint density at radius 2 is 2.00 bits per heavy atom. The van der Waals surface area contributed by atoms with Crippen LogP contribution in [0, 0.1) is 25.2 Å². The second-order valence-electron chi connectivity index (χ2n) is 12.7. The van der Waals surface area contributed by atoms with Gasteiger partial charge in [-0.2, -0.15) is 10.2 Å². The predicted molar refractivity (Wildman–Crippen MR) is 175 cm³/mol. The summed E-state index contributed by atoms with van der Waals surface area (Å²) in [4.78, 5) is 29.6. The number of anilines is 2. The average molecular weight is 607 g/mol. The third kappa shape index (κ3) is 6.73. The lowest BCUT2D eigenvalue weighted by atomic mass is 10.1. The lowest BCUT2D eigenvalue weighted by Crippen LogP contribution is -2.58. The first-order valence-electron chi connectivity index (χ1n) is 15.9. The lowest BCUT2D eigenvalue weighted by molar-refractivity contribution is -0.0461. The van der Waals surface area contributed by atoms with E-state index in [1.807, 2.05) is 43.3 Å². The van der Waals surface area contributed by atoms with Crippen molar-refractivity contribution in [3.05, 3.63) is 89.1 Å². The van der Waals surface area contributed by atoms with Gasteiger partial charge in [0.25, 0.3) is 0 Å². The molecule has 0 radical (unpaired) electrons. The van der Waals surface area contributed by atoms with Gasteiger partial charge in [0.15, 0.2) is 0 Å². The van der Waals surface area contributed by atoms with E-state index >= 15 is 0 Å². The summed E-state index contributed by atoms with van der Waals surface area (Å²) in [5.74, 6) is 2.25. The summed E-state index contributed by atoms with van der Waals surface area (Å²) < 4.78 is 12.0. The number of hydrogen-bond donors (Lipinski definition) is 0. The largest absolute Gasteiger partial charge is 0.473 e. The monoisotopic (exact) mass is 606 g/mol. The van der Waals surface area contributed by atoms with Crippen LogP contribution in [0.4, 0.5) is 11.6 Å². The minimum atomic E-state index is -0.155. The first-order valence-corrected chi connectivity index (χ1v) is 15.9. The number of hydrogen-bond acceptors (Lipinski definition) is 9. The van der Waals surface area contributed by atoms with Gasteiger partial charge in [-0.1, -0.05) is 24.8 Å². The van der Waals surface area contributed by atoms with E-state index in [1.165, 1.54) is 6.08 Å². The van der Waals surface area contributed by atoms with E-state index in [1.54, 1.807) is 6.07 Å². The molecule has 0 amide bonds. The molecule has 234 valence electrons. The predicted octanol–water partition coefficient (Wildman–Crippen LogP) is 5.25. The third-order valence-electron chi connectivity index (χ3n) is 9.49. The standard InChI is InChI=1S/C36H42N6O3/c1-5-32(43)31-12-9-25(2)35(38-31)42(22-30-13-18-44-30)36(14-15-36)24-41-17-16-40(21-27(41)4)33-7-6-8-34(39-33)45-23-29-11-10-28(20-37)19-26(29)3/h5-12,19,27,30H,1,13-18,21-24H2,2-4H3/t27-,30-/m0/s1. The molecule has 2 aromatic heterocycles. The number of piperazine rings is 1. The SMILES string of the molecule is C=CC(=O)c1ccc(C)c(N(C[C@@H]2CCO2)C2(CN3CCN(c4cccc(OCc5ccc(C#N)cc5C)n4)C[C@@H]3C)CC2)n1. The van der Waals surface area contributed by atoms with Crippen molar-refractivity contribution in [1.82, 2.24) is 14.9 Å². The molecule has 9 heteroatoms. The summed E-state index contributed by atoms with van der Waals surface area (Å²) in [7, 11) is 0. The van der Waals surface area contributed by atoms with Gasteiger partial charge in [-0.05, 0) is 87.1 Å². The number of nitrogens with zero attached hydrogens (tertiary/aromatic N) is 6. The maximum atomic E-state index is 12.5. The Labute approximate surface area is 266 Å². The number of aryl methyl sites for hydroxylation is 2. The minimum absolute atomic E-state index is 0.0292. The van der Waals surface area contributed by atoms with Crippen molar-refractivity contribution in [2.24, 2.45) is 0 Å². The molecular weight excluding hydrogens is 564 g/mol. The molecule has 1 saturated carbocycles. The minimum Gasteiger partial charge on any atom is -0.473 e. The molecule has 2 atom stereocenters. The molecule has 0 N–H and O–H groups in total. The molecular formula is C36H42N6O3. The van der Waals surface area contributed by atoms with E-state index in [0.29, 0.717) is 29.8 Å². The molecule has 0 spiro atoms. The van der Waals surface area contributed by atoms with Gasteiger partial charge in [0, 0.05) is 51.4 Å². The maximum absolute atomic E-state index is 12.5. The number of ether oxygens (including phenoxy) is 2. The van der Waals surface area contributed by atoms with Gasteiger partial charge in [-0.3, -0.25) is 9.69 Å². The van der Waals surface area contributed by atoms with E-state index in [2.05, 4.69) is 47.3 Å². The van der Waals surface area contributed by atoms with Crippen LogP contribution in [0.2, 0.25) is 0 Å². The number of carbonyl (C=O) groups excluding carboxylic acids is 1. The van der Waals surface area contributed by atoms with E-state index < -0.39 is 0 Å². The average Bonchev–Trinajstić information content (AvgIpc) is 3.81. The molecule has 0 unspecified atom stereocenters. The highest BCUT2D eigenvalue weighted by Gasteiger charge is 2.51. The van der Waals surface area contributed by atoms with E-state index in [9.17, 15) is 4.79 Å². The Kier molecular flexibility index (Phi) is 8.88. The molecule has 0 bridgehead atoms. The number of nitriles is 1. The van der Waals surface area contributed by atoms with Gasteiger partial charge in [0.2, 0.25) is 11.7 Å². The van der Waals surface area contributed by atoms with Crippen molar-refractivity contribution in [2.75, 3.05) is 49.1 Å². The van der Waals surface area contributed by atoms with Crippen LogP contribution in [0.5, 0.6) is 5.88 Å². The summed E-state index contributed by atoms with van der Waals surface area (Å²) in [6.07, 6.45) is 4.76. The Morgan fingerprint density at radius 1 is 1.18 bits per heavy atom. The Morgan fingerprint density at radius 3 is 2.67 bits per heavy atom. The summed E-state index contributed by atoms with van der Waals surface area (Å²) >= 11 is 0. The molecule has 45 heavy (non-hydrogen) atoms. The number of ketones is 1. The van der Waals surface area contributed by atoms with Crippen LogP contribution in [-0.4, -0.2) is 77.7 Å². The molecule has 3 aliphatic rings. The summed E-state index contributed by atoms with van der Waals surface area (Å²) in [6, 6.07) is 17.9. The Hall–Kier alpha value is -4.26. The molecule has 4 heterocycles. The number of aromatic nitrogens is 2. The summed E-state index contributed by atoms with van der Waals surface area (Å²) in [6.45, 7) is 15.6. The van der Waals surface area contributed by atoms with Crippen LogP contribution in [0.1, 0.15) is 58.9 Å². The zero-order chi connectivity index (χ0) is 31.6. The molecule has 1 aliphatic carbocycles. The van der Waals surface area contributed by atoms with E-state index in [0.717, 1.165) is 86.9 Å². The van der Waals surface area contributed by atoms with Crippen molar-refractivity contribution in [3.8, 4) is 11.9 Å². The van der Waals surface area contributed by atoms with Gasteiger partial charge in [-0.15, -0.1) is 0 Å². The fourth-order valence-electron chi connectivity index (χ4n) is 6.38. The van der Waals surface area contributed by atoms with Crippen LogP contribution >= 0.6 is 0 Å². The van der Waals surface area contributed by atoms with E-state index in [4.69, 9.17) is 24.7 Å². The molecule has 1 aromatic carbocycles. The van der Waals surface area contributed by atoms with Gasteiger partial charge in [-0.25, -0.2) is 4.98 Å². The van der Waals surface area contributed by atoms with E-state index in [-0.39, 0.29) is 17.4 Å². The first-order chi connectivity index (χ1) is 21.8. The van der Waals surface area contributed by atoms with Crippen molar-refractivity contribution in [2.45, 2.75) is 64.3 Å². The zero-order valence-corrected chi connectivity index (χ0v) is 26.5. The van der Waals surface area contributed by atoms with Gasteiger partial charge in [0.1, 0.15) is 23.9 Å². The number of carbonyl (C=O) groups is 1.